The largest absolute Gasteiger partial charge is 0.345 e. The SMILES string of the molecule is CCCCCCCC(=O)N(Cc1cccn1Cc1ccccc1Cl)C1CC1. The number of hydrogen-bond donors (Lipinski definition) is 0. The van der Waals surface area contributed by atoms with E-state index < -0.39 is 0 Å². The lowest BCUT2D eigenvalue weighted by Crippen LogP contribution is -2.33. The van der Waals surface area contributed by atoms with E-state index in [1.165, 1.54) is 31.4 Å². The highest BCUT2D eigenvalue weighted by Crippen LogP contribution is 2.30. The summed E-state index contributed by atoms with van der Waals surface area (Å²) in [6, 6.07) is 12.6. The van der Waals surface area contributed by atoms with Crippen molar-refractivity contribution in [2.45, 2.75) is 77.4 Å². The minimum Gasteiger partial charge on any atom is -0.345 e. The smallest absolute Gasteiger partial charge is 0.223 e. The lowest BCUT2D eigenvalue weighted by Gasteiger charge is -2.23. The molecule has 0 spiro atoms. The maximum absolute atomic E-state index is 12.8. The zero-order chi connectivity index (χ0) is 19.1. The van der Waals surface area contributed by atoms with Gasteiger partial charge in [-0.05, 0) is 43.0 Å². The van der Waals surface area contributed by atoms with Crippen molar-refractivity contribution in [1.82, 2.24) is 9.47 Å². The van der Waals surface area contributed by atoms with Crippen LogP contribution in [0.4, 0.5) is 0 Å². The number of nitrogens with zero attached hydrogens (tertiary/aromatic N) is 2. The fraction of sp³-hybridized carbons (Fsp3) is 0.522. The van der Waals surface area contributed by atoms with Crippen LogP contribution in [0.1, 0.15) is 69.5 Å². The Balaban J connectivity index is 1.60. The molecule has 146 valence electrons. The van der Waals surface area contributed by atoms with Gasteiger partial charge in [0.15, 0.2) is 0 Å². The highest BCUT2D eigenvalue weighted by molar-refractivity contribution is 6.31. The topological polar surface area (TPSA) is 25.2 Å². The van der Waals surface area contributed by atoms with Gasteiger partial charge in [0.05, 0.1) is 6.54 Å². The standard InChI is InChI=1S/C23H31ClN2O/c1-2-3-4-5-6-13-23(27)26(20-14-15-20)18-21-11-9-16-25(21)17-19-10-7-8-12-22(19)24/h7-12,16,20H,2-6,13-15,17-18H2,1H3. The normalized spacial score (nSPS) is 13.7. The van der Waals surface area contributed by atoms with E-state index in [0.29, 0.717) is 24.9 Å². The number of benzene rings is 1. The number of carbonyl (C=O) groups excluding carboxylic acids is 1. The molecule has 1 aromatic carbocycles. The zero-order valence-electron chi connectivity index (χ0n) is 16.4. The molecule has 3 rings (SSSR count). The molecule has 1 heterocycles. The van der Waals surface area contributed by atoms with E-state index in [1.54, 1.807) is 0 Å². The van der Waals surface area contributed by atoms with Gasteiger partial charge in [0.2, 0.25) is 5.91 Å². The zero-order valence-corrected chi connectivity index (χ0v) is 17.1. The summed E-state index contributed by atoms with van der Waals surface area (Å²) >= 11 is 6.33. The van der Waals surface area contributed by atoms with Crippen molar-refractivity contribution in [3.05, 3.63) is 58.9 Å². The molecule has 0 atom stereocenters. The van der Waals surface area contributed by atoms with Crippen molar-refractivity contribution in [3.63, 3.8) is 0 Å². The average molecular weight is 387 g/mol. The molecular formula is C23H31ClN2O. The molecule has 0 unspecified atom stereocenters. The van der Waals surface area contributed by atoms with Crippen molar-refractivity contribution in [2.24, 2.45) is 0 Å². The van der Waals surface area contributed by atoms with E-state index in [0.717, 1.165) is 36.4 Å². The monoisotopic (exact) mass is 386 g/mol. The van der Waals surface area contributed by atoms with Crippen LogP contribution >= 0.6 is 11.6 Å². The van der Waals surface area contributed by atoms with Crippen LogP contribution in [0.2, 0.25) is 5.02 Å². The van der Waals surface area contributed by atoms with Crippen LogP contribution in [0.3, 0.4) is 0 Å². The summed E-state index contributed by atoms with van der Waals surface area (Å²) in [5, 5.41) is 0.791. The fourth-order valence-electron chi connectivity index (χ4n) is 3.56. The molecule has 0 aliphatic heterocycles. The summed E-state index contributed by atoms with van der Waals surface area (Å²) < 4.78 is 2.21. The Bertz CT molecular complexity index is 735. The van der Waals surface area contributed by atoms with Gasteiger partial charge in [-0.1, -0.05) is 62.4 Å². The van der Waals surface area contributed by atoms with E-state index in [-0.39, 0.29) is 0 Å². The van der Waals surface area contributed by atoms with Crippen LogP contribution in [0.15, 0.2) is 42.6 Å². The van der Waals surface area contributed by atoms with Crippen LogP contribution in [0.25, 0.3) is 0 Å². The van der Waals surface area contributed by atoms with Crippen molar-refractivity contribution in [1.29, 1.82) is 0 Å². The summed E-state index contributed by atoms with van der Waals surface area (Å²) in [7, 11) is 0. The van der Waals surface area contributed by atoms with E-state index >= 15 is 0 Å². The van der Waals surface area contributed by atoms with Gasteiger partial charge < -0.3 is 9.47 Å². The van der Waals surface area contributed by atoms with Gasteiger partial charge in [0, 0.05) is 35.9 Å². The van der Waals surface area contributed by atoms with Gasteiger partial charge in [-0.15, -0.1) is 0 Å². The fourth-order valence-corrected chi connectivity index (χ4v) is 3.76. The Morgan fingerprint density at radius 1 is 1.11 bits per heavy atom. The summed E-state index contributed by atoms with van der Waals surface area (Å²) in [6.07, 6.45) is 11.0. The summed E-state index contributed by atoms with van der Waals surface area (Å²) in [5.41, 5.74) is 2.29. The predicted octanol–water partition coefficient (Wildman–Crippen LogP) is 6.04. The first kappa shape index (κ1) is 20.0. The Morgan fingerprint density at radius 3 is 2.63 bits per heavy atom. The van der Waals surface area contributed by atoms with Crippen molar-refractivity contribution < 1.29 is 4.79 Å². The number of rotatable bonds is 11. The molecule has 4 heteroatoms. The number of hydrogen-bond acceptors (Lipinski definition) is 1. The maximum Gasteiger partial charge on any atom is 0.223 e. The number of halogens is 1. The van der Waals surface area contributed by atoms with Gasteiger partial charge >= 0.3 is 0 Å². The second-order valence-corrected chi connectivity index (χ2v) is 8.04. The van der Waals surface area contributed by atoms with Crippen molar-refractivity contribution in [2.75, 3.05) is 0 Å². The first-order valence-electron chi connectivity index (χ1n) is 10.4. The van der Waals surface area contributed by atoms with E-state index in [1.807, 2.05) is 18.2 Å². The molecule has 0 saturated heterocycles. The van der Waals surface area contributed by atoms with Gasteiger partial charge in [0.25, 0.3) is 0 Å². The Labute approximate surface area is 168 Å². The van der Waals surface area contributed by atoms with Gasteiger partial charge in [0.1, 0.15) is 0 Å². The van der Waals surface area contributed by atoms with Crippen LogP contribution in [-0.2, 0) is 17.9 Å². The van der Waals surface area contributed by atoms with Gasteiger partial charge in [-0.3, -0.25) is 4.79 Å². The van der Waals surface area contributed by atoms with E-state index in [9.17, 15) is 4.79 Å². The molecule has 1 aliphatic rings. The molecule has 27 heavy (non-hydrogen) atoms. The van der Waals surface area contributed by atoms with Gasteiger partial charge in [-0.2, -0.15) is 0 Å². The summed E-state index contributed by atoms with van der Waals surface area (Å²) in [4.78, 5) is 14.9. The molecule has 0 bridgehead atoms. The molecule has 1 fully saturated rings. The Kier molecular flexibility index (Phi) is 7.40. The average Bonchev–Trinajstić information content (AvgIpc) is 3.41. The third-order valence-electron chi connectivity index (χ3n) is 5.36. The molecule has 2 aromatic rings. The second-order valence-electron chi connectivity index (χ2n) is 7.64. The Morgan fingerprint density at radius 2 is 1.89 bits per heavy atom. The number of aromatic nitrogens is 1. The van der Waals surface area contributed by atoms with Crippen LogP contribution in [0.5, 0.6) is 0 Å². The molecule has 3 nitrogen and oxygen atoms in total. The molecule has 1 aromatic heterocycles. The van der Waals surface area contributed by atoms with Crippen LogP contribution in [-0.4, -0.2) is 21.4 Å². The minimum atomic E-state index is 0.319. The van der Waals surface area contributed by atoms with Crippen LogP contribution in [0, 0.1) is 0 Å². The molecule has 1 amide bonds. The van der Waals surface area contributed by atoms with Crippen molar-refractivity contribution in [3.8, 4) is 0 Å². The van der Waals surface area contributed by atoms with Crippen LogP contribution < -0.4 is 0 Å². The molecule has 0 N–H and O–H groups in total. The highest BCUT2D eigenvalue weighted by Gasteiger charge is 2.32. The first-order chi connectivity index (χ1) is 13.2. The predicted molar refractivity (Wildman–Crippen MR) is 112 cm³/mol. The quantitative estimate of drug-likeness (QED) is 0.432. The lowest BCUT2D eigenvalue weighted by atomic mass is 10.1. The Hall–Kier alpha value is -1.74. The number of carbonyl (C=O) groups is 1. The first-order valence-corrected chi connectivity index (χ1v) is 10.7. The van der Waals surface area contributed by atoms with E-state index in [4.69, 9.17) is 11.6 Å². The number of amides is 1. The third kappa shape index (κ3) is 5.87. The number of unbranched alkanes of at least 4 members (excludes halogenated alkanes) is 4. The second kappa shape index (κ2) is 9.98. The molecular weight excluding hydrogens is 356 g/mol. The molecule has 1 saturated carbocycles. The molecule has 1 aliphatic carbocycles. The maximum atomic E-state index is 12.8. The third-order valence-corrected chi connectivity index (χ3v) is 5.73. The summed E-state index contributed by atoms with van der Waals surface area (Å²) in [6.45, 7) is 3.67. The minimum absolute atomic E-state index is 0.319. The van der Waals surface area contributed by atoms with Crippen molar-refractivity contribution >= 4 is 17.5 Å². The van der Waals surface area contributed by atoms with E-state index in [2.05, 4.69) is 40.8 Å². The highest BCUT2D eigenvalue weighted by atomic mass is 35.5. The molecule has 0 radical (unpaired) electrons. The lowest BCUT2D eigenvalue weighted by molar-refractivity contribution is -0.132. The summed E-state index contributed by atoms with van der Waals surface area (Å²) in [5.74, 6) is 0.319. The van der Waals surface area contributed by atoms with Gasteiger partial charge in [-0.25, -0.2) is 0 Å².